The number of rotatable bonds is 14. The van der Waals surface area contributed by atoms with Crippen LogP contribution in [0.3, 0.4) is 0 Å². The predicted octanol–water partition coefficient (Wildman–Crippen LogP) is 8.92. The first-order valence-corrected chi connectivity index (χ1v) is 17.3. The number of ether oxygens (including phenoxy) is 2. The van der Waals surface area contributed by atoms with E-state index in [2.05, 4.69) is 13.8 Å². The summed E-state index contributed by atoms with van der Waals surface area (Å²) < 4.78 is 11.7. The maximum absolute atomic E-state index is 14.3. The quantitative estimate of drug-likeness (QED) is 0.157. The Labute approximate surface area is 291 Å². The fraction of sp³-hybridized carbons (Fsp3) is 0.444. The molecule has 3 aromatic rings. The molecular formula is C36H40Cl4N2O4. The van der Waals surface area contributed by atoms with E-state index in [9.17, 15) is 9.59 Å². The Bertz CT molecular complexity index is 1520. The van der Waals surface area contributed by atoms with E-state index in [1.165, 1.54) is 0 Å². The van der Waals surface area contributed by atoms with E-state index in [4.69, 9.17) is 55.9 Å². The van der Waals surface area contributed by atoms with Gasteiger partial charge in [0.05, 0.1) is 26.0 Å². The van der Waals surface area contributed by atoms with Crippen molar-refractivity contribution in [3.63, 3.8) is 0 Å². The first-order valence-electron chi connectivity index (χ1n) is 15.8. The Hall–Kier alpha value is -2.64. The first-order chi connectivity index (χ1) is 22.0. The van der Waals surface area contributed by atoms with Crippen molar-refractivity contribution in [1.82, 2.24) is 9.80 Å². The van der Waals surface area contributed by atoms with Crippen molar-refractivity contribution < 1.29 is 19.1 Å². The van der Waals surface area contributed by atoms with Crippen LogP contribution in [0.25, 0.3) is 0 Å². The molecule has 10 heteroatoms. The zero-order chi connectivity index (χ0) is 33.0. The van der Waals surface area contributed by atoms with Gasteiger partial charge in [0.15, 0.2) is 5.75 Å². The van der Waals surface area contributed by atoms with Crippen LogP contribution in [0, 0.1) is 24.7 Å². The van der Waals surface area contributed by atoms with Crippen LogP contribution in [0.15, 0.2) is 54.6 Å². The molecule has 1 aliphatic heterocycles. The van der Waals surface area contributed by atoms with Gasteiger partial charge in [0, 0.05) is 31.6 Å². The molecule has 0 bridgehead atoms. The molecule has 2 amide bonds. The molecule has 0 spiro atoms. The van der Waals surface area contributed by atoms with Gasteiger partial charge in [-0.2, -0.15) is 0 Å². The number of halogens is 4. The van der Waals surface area contributed by atoms with Gasteiger partial charge < -0.3 is 19.3 Å². The van der Waals surface area contributed by atoms with Crippen LogP contribution in [0.2, 0.25) is 20.1 Å². The third-order valence-electron chi connectivity index (χ3n) is 8.72. The smallest absolute Gasteiger partial charge is 0.228 e. The van der Waals surface area contributed by atoms with Crippen LogP contribution in [0.5, 0.6) is 11.5 Å². The van der Waals surface area contributed by atoms with Crippen LogP contribution in [-0.2, 0) is 22.6 Å². The van der Waals surface area contributed by atoms with E-state index in [-0.39, 0.29) is 36.3 Å². The highest BCUT2D eigenvalue weighted by Gasteiger charge is 2.40. The molecule has 0 aromatic heterocycles. The van der Waals surface area contributed by atoms with Crippen LogP contribution >= 0.6 is 46.4 Å². The van der Waals surface area contributed by atoms with Gasteiger partial charge in [-0.05, 0) is 85.5 Å². The lowest BCUT2D eigenvalue weighted by atomic mass is 9.94. The summed E-state index contributed by atoms with van der Waals surface area (Å²) in [7, 11) is 0. The average Bonchev–Trinajstić information content (AvgIpc) is 3.79. The fourth-order valence-corrected chi connectivity index (χ4v) is 7.14. The number of hydrogen-bond donors (Lipinski definition) is 0. The molecule has 46 heavy (non-hydrogen) atoms. The van der Waals surface area contributed by atoms with Crippen molar-refractivity contribution >= 4 is 58.2 Å². The van der Waals surface area contributed by atoms with Crippen molar-refractivity contribution in [2.75, 3.05) is 26.3 Å². The number of amides is 2. The molecule has 2 aliphatic rings. The molecule has 246 valence electrons. The largest absolute Gasteiger partial charge is 0.490 e. The van der Waals surface area contributed by atoms with Crippen molar-refractivity contribution in [1.29, 1.82) is 0 Å². The summed E-state index contributed by atoms with van der Waals surface area (Å²) in [6.07, 6.45) is 3.22. The molecular weight excluding hydrogens is 666 g/mol. The number of likely N-dealkylation sites (tertiary alicyclic amines) is 1. The van der Waals surface area contributed by atoms with Gasteiger partial charge in [-0.3, -0.25) is 9.59 Å². The maximum Gasteiger partial charge on any atom is 0.228 e. The molecule has 0 radical (unpaired) electrons. The number of benzene rings is 3. The zero-order valence-electron chi connectivity index (χ0n) is 26.4. The summed E-state index contributed by atoms with van der Waals surface area (Å²) in [6, 6.07) is 17.0. The number of carbonyl (C=O) groups is 2. The van der Waals surface area contributed by atoms with Gasteiger partial charge in [-0.15, -0.1) is 0 Å². The highest BCUT2D eigenvalue weighted by atomic mass is 35.5. The zero-order valence-corrected chi connectivity index (χ0v) is 29.4. The topological polar surface area (TPSA) is 59.1 Å². The molecule has 2 atom stereocenters. The normalized spacial score (nSPS) is 17.0. The van der Waals surface area contributed by atoms with E-state index < -0.39 is 5.92 Å². The van der Waals surface area contributed by atoms with Crippen molar-refractivity contribution in [3.8, 4) is 11.5 Å². The number of carbonyl (C=O) groups excluding carboxylic acids is 2. The Morgan fingerprint density at radius 2 is 1.61 bits per heavy atom. The maximum atomic E-state index is 14.3. The van der Waals surface area contributed by atoms with Gasteiger partial charge >= 0.3 is 0 Å². The minimum atomic E-state index is -0.405. The highest BCUT2D eigenvalue weighted by Crippen LogP contribution is 2.36. The fourth-order valence-electron chi connectivity index (χ4n) is 6.05. The van der Waals surface area contributed by atoms with E-state index in [1.54, 1.807) is 18.2 Å². The molecule has 1 saturated heterocycles. The van der Waals surface area contributed by atoms with Crippen molar-refractivity contribution in [2.24, 2.45) is 17.8 Å². The molecule has 6 nitrogen and oxygen atoms in total. The Kier molecular flexibility index (Phi) is 11.7. The predicted molar refractivity (Wildman–Crippen MR) is 185 cm³/mol. The summed E-state index contributed by atoms with van der Waals surface area (Å²) in [4.78, 5) is 31.4. The van der Waals surface area contributed by atoms with E-state index in [0.29, 0.717) is 64.3 Å². The van der Waals surface area contributed by atoms with Crippen LogP contribution in [0.4, 0.5) is 0 Å². The third kappa shape index (κ3) is 8.63. The minimum absolute atomic E-state index is 0.000903. The third-order valence-corrected chi connectivity index (χ3v) is 10.1. The second-order valence-corrected chi connectivity index (χ2v) is 14.2. The lowest BCUT2D eigenvalue weighted by molar-refractivity contribution is -0.139. The van der Waals surface area contributed by atoms with Crippen molar-refractivity contribution in [3.05, 3.63) is 91.4 Å². The summed E-state index contributed by atoms with van der Waals surface area (Å²) in [5.74, 6) is 1.16. The molecule has 1 saturated carbocycles. The molecule has 2 unspecified atom stereocenters. The molecule has 5 rings (SSSR count). The second-order valence-electron chi connectivity index (χ2n) is 12.6. The van der Waals surface area contributed by atoms with Crippen LogP contribution < -0.4 is 9.47 Å². The number of aryl methyl sites for hydroxylation is 1. The molecule has 2 fully saturated rings. The summed E-state index contributed by atoms with van der Waals surface area (Å²) in [5.41, 5.74) is 2.77. The summed E-state index contributed by atoms with van der Waals surface area (Å²) in [5, 5.41) is 1.87. The van der Waals surface area contributed by atoms with E-state index >= 15 is 0 Å². The van der Waals surface area contributed by atoms with Crippen LogP contribution in [0.1, 0.15) is 49.8 Å². The summed E-state index contributed by atoms with van der Waals surface area (Å²) >= 11 is 25.4. The van der Waals surface area contributed by atoms with Crippen LogP contribution in [-0.4, -0.2) is 54.0 Å². The number of hydrogen-bond acceptors (Lipinski definition) is 4. The van der Waals surface area contributed by atoms with Gasteiger partial charge in [-0.25, -0.2) is 0 Å². The van der Waals surface area contributed by atoms with Gasteiger partial charge in [0.2, 0.25) is 11.8 Å². The molecule has 1 aliphatic carbocycles. The Morgan fingerprint density at radius 1 is 0.935 bits per heavy atom. The Morgan fingerprint density at radius 3 is 2.24 bits per heavy atom. The lowest BCUT2D eigenvalue weighted by Crippen LogP contribution is -2.44. The second kappa shape index (κ2) is 15.5. The van der Waals surface area contributed by atoms with Gasteiger partial charge in [-0.1, -0.05) is 84.5 Å². The van der Waals surface area contributed by atoms with E-state index in [1.807, 2.05) is 53.1 Å². The monoisotopic (exact) mass is 704 g/mol. The lowest BCUT2D eigenvalue weighted by Gasteiger charge is -2.31. The standard InChI is InChI=1S/C36H40Cl4N2O4/c1-22(2)29-13-14-41(36(29)44)20-26(35(43)42(27-9-10-27)21-25-5-4-6-30(37)33(25)40)19-24-7-11-28(12-8-24)45-15-16-46-34-31(38)17-23(3)18-32(34)39/h4-8,11-12,17-18,22,26-27,29H,9-10,13-16,19-21H2,1-3H3. The highest BCUT2D eigenvalue weighted by molar-refractivity contribution is 6.42. The average molecular weight is 707 g/mol. The summed E-state index contributed by atoms with van der Waals surface area (Å²) in [6.45, 7) is 8.10. The van der Waals surface area contributed by atoms with Gasteiger partial charge in [0.1, 0.15) is 19.0 Å². The van der Waals surface area contributed by atoms with E-state index in [0.717, 1.165) is 36.0 Å². The molecule has 1 heterocycles. The van der Waals surface area contributed by atoms with Gasteiger partial charge in [0.25, 0.3) is 0 Å². The Balaban J connectivity index is 1.26. The minimum Gasteiger partial charge on any atom is -0.490 e. The number of nitrogens with zero attached hydrogens (tertiary/aromatic N) is 2. The molecule has 3 aromatic carbocycles. The van der Waals surface area contributed by atoms with Crippen molar-refractivity contribution in [2.45, 2.75) is 59.0 Å². The molecule has 0 N–H and O–H groups in total. The SMILES string of the molecule is Cc1cc(Cl)c(OCCOc2ccc(CC(CN3CCC(C(C)C)C3=O)C(=O)N(Cc3cccc(Cl)c3Cl)C3CC3)cc2)c(Cl)c1. The first kappa shape index (κ1) is 34.7.